The van der Waals surface area contributed by atoms with Gasteiger partial charge in [-0.15, -0.1) is 24.2 Å². The summed E-state index contributed by atoms with van der Waals surface area (Å²) in [6.45, 7) is 6.26. The van der Waals surface area contributed by atoms with Crippen LogP contribution in [-0.4, -0.2) is 55.3 Å². The number of fused-ring (bicyclic) bond motifs is 1. The normalized spacial score (nSPS) is 10.9. The third kappa shape index (κ3) is 8.18. The summed E-state index contributed by atoms with van der Waals surface area (Å²) in [6, 6.07) is 14.5. The lowest BCUT2D eigenvalue weighted by Crippen LogP contribution is -2.33. The maximum atomic E-state index is 13.2. The van der Waals surface area contributed by atoms with Crippen LogP contribution in [0.1, 0.15) is 31.7 Å². The molecule has 0 aliphatic heterocycles. The number of carbonyl (C=O) groups excluding carboxylic acids is 1. The highest BCUT2D eigenvalue weighted by molar-refractivity contribution is 7.99. The molecule has 0 bridgehead atoms. The zero-order chi connectivity index (χ0) is 22.9. The minimum atomic E-state index is 0. The lowest BCUT2D eigenvalue weighted by Gasteiger charge is -2.21. The van der Waals surface area contributed by atoms with Crippen molar-refractivity contribution in [2.24, 2.45) is 0 Å². The second-order valence-corrected chi connectivity index (χ2v) is 10.2. The molecule has 0 saturated carbocycles. The number of hydrogen-bond acceptors (Lipinski definition) is 6. The third-order valence-electron chi connectivity index (χ3n) is 5.01. The van der Waals surface area contributed by atoms with Crippen molar-refractivity contribution in [1.29, 1.82) is 0 Å². The van der Waals surface area contributed by atoms with Gasteiger partial charge in [-0.25, -0.2) is 4.98 Å². The Morgan fingerprint density at radius 1 is 1.09 bits per heavy atom. The smallest absolute Gasteiger partial charge is 0.228 e. The molecule has 2 aromatic carbocycles. The number of halogens is 1. The van der Waals surface area contributed by atoms with Crippen molar-refractivity contribution in [1.82, 2.24) is 9.88 Å². The number of amides is 1. The van der Waals surface area contributed by atoms with Crippen LogP contribution in [0.5, 0.6) is 5.75 Å². The van der Waals surface area contributed by atoms with Crippen molar-refractivity contribution < 1.29 is 9.53 Å². The first-order valence-electron chi connectivity index (χ1n) is 11.1. The second kappa shape index (κ2) is 13.8. The average molecular weight is 508 g/mol. The van der Waals surface area contributed by atoms with E-state index >= 15 is 0 Å². The second-order valence-electron chi connectivity index (χ2n) is 8.00. The van der Waals surface area contributed by atoms with Crippen LogP contribution >= 0.6 is 35.5 Å². The Bertz CT molecular complexity index is 1010. The monoisotopic (exact) mass is 507 g/mol. The van der Waals surface area contributed by atoms with E-state index < -0.39 is 0 Å². The molecule has 180 valence electrons. The molecule has 3 rings (SSSR count). The molecule has 3 aromatic rings. The Morgan fingerprint density at radius 3 is 2.55 bits per heavy atom. The van der Waals surface area contributed by atoms with E-state index in [0.717, 1.165) is 46.2 Å². The lowest BCUT2D eigenvalue weighted by molar-refractivity contribution is -0.118. The van der Waals surface area contributed by atoms with Crippen LogP contribution in [0.2, 0.25) is 0 Å². The molecular formula is C25H34ClN3O2S2. The molecule has 0 saturated heterocycles. The molecule has 0 aliphatic carbocycles. The van der Waals surface area contributed by atoms with Gasteiger partial charge in [-0.3, -0.25) is 9.69 Å². The van der Waals surface area contributed by atoms with Crippen LogP contribution in [0.25, 0.3) is 10.2 Å². The highest BCUT2D eigenvalue weighted by atomic mass is 35.5. The number of ether oxygens (including phenoxy) is 1. The van der Waals surface area contributed by atoms with Gasteiger partial charge in [0.1, 0.15) is 11.3 Å². The molecule has 1 aromatic heterocycles. The number of aromatic nitrogens is 1. The number of thiazole rings is 1. The van der Waals surface area contributed by atoms with E-state index in [9.17, 15) is 4.79 Å². The Hall–Kier alpha value is -1.80. The van der Waals surface area contributed by atoms with Crippen molar-refractivity contribution in [2.45, 2.75) is 38.0 Å². The maximum absolute atomic E-state index is 13.2. The fourth-order valence-corrected chi connectivity index (χ4v) is 5.23. The molecule has 0 aliphatic rings. The quantitative estimate of drug-likeness (QED) is 0.213. The van der Waals surface area contributed by atoms with Gasteiger partial charge >= 0.3 is 0 Å². The summed E-state index contributed by atoms with van der Waals surface area (Å²) in [6.07, 6.45) is 2.27. The van der Waals surface area contributed by atoms with Gasteiger partial charge in [0.15, 0.2) is 5.13 Å². The highest BCUT2D eigenvalue weighted by Gasteiger charge is 2.20. The van der Waals surface area contributed by atoms with E-state index in [0.29, 0.717) is 19.6 Å². The summed E-state index contributed by atoms with van der Waals surface area (Å²) in [5, 5.41) is 0.766. The molecule has 33 heavy (non-hydrogen) atoms. The standard InChI is InChI=1S/C25H33N3O2S2.ClH/c1-5-30-21-9-6-10-22-24(21)26-25(32-22)28(17-8-16-27(3)4)23(29)11-7-18-31-20-14-12-19(2)13-15-20;/h6,9-10,12-15H,5,7-8,11,16-18H2,1-4H3;1H. The van der Waals surface area contributed by atoms with Gasteiger partial charge in [-0.05, 0) is 77.3 Å². The number of carbonyl (C=O) groups is 1. The SMILES string of the molecule is CCOc1cccc2sc(N(CCCN(C)C)C(=O)CCCSc3ccc(C)cc3)nc12.Cl. The predicted octanol–water partition coefficient (Wildman–Crippen LogP) is 6.28. The zero-order valence-electron chi connectivity index (χ0n) is 19.9. The van der Waals surface area contributed by atoms with Gasteiger partial charge in [0.2, 0.25) is 5.91 Å². The largest absolute Gasteiger partial charge is 0.492 e. The fraction of sp³-hybridized carbons (Fsp3) is 0.440. The summed E-state index contributed by atoms with van der Waals surface area (Å²) in [5.74, 6) is 1.85. The average Bonchev–Trinajstić information content (AvgIpc) is 3.20. The predicted molar refractivity (Wildman–Crippen MR) is 145 cm³/mol. The van der Waals surface area contributed by atoms with Gasteiger partial charge in [0, 0.05) is 17.9 Å². The van der Waals surface area contributed by atoms with Gasteiger partial charge in [-0.1, -0.05) is 35.1 Å². The van der Waals surface area contributed by atoms with Crippen LogP contribution in [0.3, 0.4) is 0 Å². The number of hydrogen-bond donors (Lipinski definition) is 0. The number of benzene rings is 2. The van der Waals surface area contributed by atoms with Crippen LogP contribution in [0.15, 0.2) is 47.4 Å². The van der Waals surface area contributed by atoms with Gasteiger partial charge in [0.25, 0.3) is 0 Å². The van der Waals surface area contributed by atoms with Crippen LogP contribution in [0, 0.1) is 6.92 Å². The van der Waals surface area contributed by atoms with Crippen molar-refractivity contribution in [3.05, 3.63) is 48.0 Å². The minimum absolute atomic E-state index is 0. The first-order chi connectivity index (χ1) is 15.5. The molecule has 8 heteroatoms. The van der Waals surface area contributed by atoms with E-state index in [-0.39, 0.29) is 18.3 Å². The first kappa shape index (κ1) is 27.4. The molecule has 1 heterocycles. The molecule has 0 atom stereocenters. The number of para-hydroxylation sites is 1. The molecule has 0 radical (unpaired) electrons. The highest BCUT2D eigenvalue weighted by Crippen LogP contribution is 2.34. The lowest BCUT2D eigenvalue weighted by atomic mass is 10.2. The molecule has 0 unspecified atom stereocenters. The number of anilines is 1. The number of thioether (sulfide) groups is 1. The molecule has 5 nitrogen and oxygen atoms in total. The molecular weight excluding hydrogens is 474 g/mol. The van der Waals surface area contributed by atoms with Crippen molar-refractivity contribution in [3.8, 4) is 5.75 Å². The molecule has 1 amide bonds. The van der Waals surface area contributed by atoms with Crippen molar-refractivity contribution in [2.75, 3.05) is 44.4 Å². The Labute approximate surface area is 211 Å². The molecule has 0 fully saturated rings. The van der Waals surface area contributed by atoms with Crippen LogP contribution < -0.4 is 9.64 Å². The van der Waals surface area contributed by atoms with Crippen molar-refractivity contribution >= 4 is 56.8 Å². The van der Waals surface area contributed by atoms with Gasteiger partial charge < -0.3 is 9.64 Å². The van der Waals surface area contributed by atoms with E-state index in [1.807, 2.05) is 30.0 Å². The molecule has 0 spiro atoms. The van der Waals surface area contributed by atoms with Crippen molar-refractivity contribution in [3.63, 3.8) is 0 Å². The summed E-state index contributed by atoms with van der Waals surface area (Å²) in [5.41, 5.74) is 2.11. The van der Waals surface area contributed by atoms with E-state index in [1.165, 1.54) is 10.5 Å². The fourth-order valence-electron chi connectivity index (χ4n) is 3.35. The number of aryl methyl sites for hydroxylation is 1. The number of nitrogens with zero attached hydrogens (tertiary/aromatic N) is 3. The third-order valence-corrected chi connectivity index (χ3v) is 7.16. The molecule has 0 N–H and O–H groups in total. The maximum Gasteiger partial charge on any atom is 0.228 e. The van der Waals surface area contributed by atoms with E-state index in [4.69, 9.17) is 9.72 Å². The topological polar surface area (TPSA) is 45.7 Å². The summed E-state index contributed by atoms with van der Waals surface area (Å²) < 4.78 is 6.79. The Balaban J connectivity index is 0.00000385. The minimum Gasteiger partial charge on any atom is -0.492 e. The first-order valence-corrected chi connectivity index (χ1v) is 12.9. The van der Waals surface area contributed by atoms with Crippen LogP contribution in [-0.2, 0) is 4.79 Å². The van der Waals surface area contributed by atoms with Gasteiger partial charge in [-0.2, -0.15) is 0 Å². The van der Waals surface area contributed by atoms with E-state index in [1.54, 1.807) is 23.1 Å². The Morgan fingerprint density at radius 2 is 1.85 bits per heavy atom. The Kier molecular flexibility index (Phi) is 11.5. The zero-order valence-corrected chi connectivity index (χ0v) is 22.3. The van der Waals surface area contributed by atoms with Crippen LogP contribution in [0.4, 0.5) is 5.13 Å². The summed E-state index contributed by atoms with van der Waals surface area (Å²) in [4.78, 5) is 23.3. The number of rotatable bonds is 12. The van der Waals surface area contributed by atoms with E-state index in [2.05, 4.69) is 50.2 Å². The van der Waals surface area contributed by atoms with Gasteiger partial charge in [0.05, 0.1) is 11.3 Å². The summed E-state index contributed by atoms with van der Waals surface area (Å²) >= 11 is 3.37. The summed E-state index contributed by atoms with van der Waals surface area (Å²) in [7, 11) is 4.11.